The van der Waals surface area contributed by atoms with Gasteiger partial charge in [-0.1, -0.05) is 13.3 Å². The number of nitrogens with one attached hydrogen (secondary N) is 1. The van der Waals surface area contributed by atoms with Crippen molar-refractivity contribution in [1.29, 1.82) is 5.26 Å². The zero-order valence-electron chi connectivity index (χ0n) is 8.97. The monoisotopic (exact) mass is 194 g/mol. The number of rotatable bonds is 4. The Balaban J connectivity index is 2.33. The molecule has 78 valence electrons. The van der Waals surface area contributed by atoms with Crippen molar-refractivity contribution in [1.82, 2.24) is 5.32 Å². The first-order valence-electron chi connectivity index (χ1n) is 5.31. The van der Waals surface area contributed by atoms with E-state index in [1.54, 1.807) is 6.92 Å². The van der Waals surface area contributed by atoms with Gasteiger partial charge in [0, 0.05) is 6.54 Å². The second-order valence-corrected chi connectivity index (χ2v) is 4.28. The van der Waals surface area contributed by atoms with E-state index in [0.29, 0.717) is 5.41 Å². The standard InChI is InChI=1S/C11H18N2O/c1-3-11(5-4-6-11)8-13-10(14)9(2)7-12/h9H,3-6,8H2,1-2H3,(H,13,14). The highest BCUT2D eigenvalue weighted by molar-refractivity contribution is 5.80. The van der Waals surface area contributed by atoms with Crippen LogP contribution in [0, 0.1) is 22.7 Å². The SMILES string of the molecule is CCC1(CNC(=O)C(C)C#N)CCC1. The van der Waals surface area contributed by atoms with Gasteiger partial charge in [0.15, 0.2) is 0 Å². The fourth-order valence-corrected chi connectivity index (χ4v) is 1.82. The maximum absolute atomic E-state index is 11.3. The first-order chi connectivity index (χ1) is 6.63. The number of carbonyl (C=O) groups excluding carboxylic acids is 1. The summed E-state index contributed by atoms with van der Waals surface area (Å²) in [4.78, 5) is 11.3. The van der Waals surface area contributed by atoms with Crippen molar-refractivity contribution in [2.24, 2.45) is 11.3 Å². The lowest BCUT2D eigenvalue weighted by Gasteiger charge is -2.41. The summed E-state index contributed by atoms with van der Waals surface area (Å²) in [5.41, 5.74) is 0.338. The molecule has 3 heteroatoms. The van der Waals surface area contributed by atoms with Crippen LogP contribution in [0.5, 0.6) is 0 Å². The third-order valence-electron chi connectivity index (χ3n) is 3.39. The normalized spacial score (nSPS) is 20.4. The van der Waals surface area contributed by atoms with Crippen LogP contribution < -0.4 is 5.32 Å². The van der Waals surface area contributed by atoms with E-state index in [0.717, 1.165) is 13.0 Å². The highest BCUT2D eigenvalue weighted by Gasteiger charge is 2.35. The smallest absolute Gasteiger partial charge is 0.237 e. The second-order valence-electron chi connectivity index (χ2n) is 4.28. The summed E-state index contributed by atoms with van der Waals surface area (Å²) in [7, 11) is 0. The van der Waals surface area contributed by atoms with E-state index in [-0.39, 0.29) is 5.91 Å². The van der Waals surface area contributed by atoms with Crippen LogP contribution >= 0.6 is 0 Å². The Labute approximate surface area is 85.5 Å². The average molecular weight is 194 g/mol. The fourth-order valence-electron chi connectivity index (χ4n) is 1.82. The Hall–Kier alpha value is -1.04. The van der Waals surface area contributed by atoms with Crippen molar-refractivity contribution < 1.29 is 4.79 Å². The predicted molar refractivity (Wildman–Crippen MR) is 54.4 cm³/mol. The first-order valence-corrected chi connectivity index (χ1v) is 5.31. The minimum Gasteiger partial charge on any atom is -0.354 e. The van der Waals surface area contributed by atoms with Gasteiger partial charge >= 0.3 is 0 Å². The molecule has 1 rings (SSSR count). The summed E-state index contributed by atoms with van der Waals surface area (Å²) < 4.78 is 0. The highest BCUT2D eigenvalue weighted by atomic mass is 16.1. The van der Waals surface area contributed by atoms with Crippen LogP contribution in [0.2, 0.25) is 0 Å². The highest BCUT2D eigenvalue weighted by Crippen LogP contribution is 2.43. The summed E-state index contributed by atoms with van der Waals surface area (Å²) in [5, 5.41) is 11.4. The molecule has 0 aromatic heterocycles. The van der Waals surface area contributed by atoms with Crippen molar-refractivity contribution >= 4 is 5.91 Å². The quantitative estimate of drug-likeness (QED) is 0.742. The molecule has 0 aromatic carbocycles. The molecule has 1 saturated carbocycles. The molecule has 0 heterocycles. The number of hydrogen-bond acceptors (Lipinski definition) is 2. The molecular formula is C11H18N2O. The van der Waals surface area contributed by atoms with Crippen molar-refractivity contribution in [3.8, 4) is 6.07 Å². The van der Waals surface area contributed by atoms with Gasteiger partial charge in [-0.05, 0) is 31.6 Å². The summed E-state index contributed by atoms with van der Waals surface area (Å²) in [6, 6.07) is 1.94. The Kier molecular flexibility index (Phi) is 3.51. The minimum atomic E-state index is -0.524. The van der Waals surface area contributed by atoms with E-state index < -0.39 is 5.92 Å². The van der Waals surface area contributed by atoms with E-state index in [4.69, 9.17) is 5.26 Å². The minimum absolute atomic E-state index is 0.132. The zero-order valence-corrected chi connectivity index (χ0v) is 8.97. The molecule has 1 N–H and O–H groups in total. The van der Waals surface area contributed by atoms with E-state index in [9.17, 15) is 4.79 Å². The maximum Gasteiger partial charge on any atom is 0.237 e. The lowest BCUT2D eigenvalue weighted by molar-refractivity contribution is -0.123. The fraction of sp³-hybridized carbons (Fsp3) is 0.818. The predicted octanol–water partition coefficient (Wildman–Crippen LogP) is 1.84. The number of carbonyl (C=O) groups is 1. The van der Waals surface area contributed by atoms with Crippen LogP contribution in [0.1, 0.15) is 39.5 Å². The lowest BCUT2D eigenvalue weighted by Crippen LogP contribution is -2.43. The molecule has 1 aliphatic rings. The maximum atomic E-state index is 11.3. The van der Waals surface area contributed by atoms with Crippen LogP contribution in [-0.2, 0) is 4.79 Å². The molecule has 1 aliphatic carbocycles. The van der Waals surface area contributed by atoms with Gasteiger partial charge in [-0.3, -0.25) is 4.79 Å². The van der Waals surface area contributed by atoms with Crippen LogP contribution in [0.4, 0.5) is 0 Å². The molecule has 1 atom stereocenters. The Morgan fingerprint density at radius 1 is 1.64 bits per heavy atom. The Bertz CT molecular complexity index is 245. The molecular weight excluding hydrogens is 176 g/mol. The van der Waals surface area contributed by atoms with E-state index in [1.165, 1.54) is 19.3 Å². The molecule has 14 heavy (non-hydrogen) atoms. The molecule has 0 saturated heterocycles. The molecule has 0 aliphatic heterocycles. The third kappa shape index (κ3) is 2.25. The molecule has 0 radical (unpaired) electrons. The van der Waals surface area contributed by atoms with E-state index in [2.05, 4.69) is 12.2 Å². The van der Waals surface area contributed by atoms with Gasteiger partial charge < -0.3 is 5.32 Å². The van der Waals surface area contributed by atoms with Gasteiger partial charge in [-0.15, -0.1) is 0 Å². The Morgan fingerprint density at radius 2 is 2.29 bits per heavy atom. The largest absolute Gasteiger partial charge is 0.354 e. The molecule has 3 nitrogen and oxygen atoms in total. The average Bonchev–Trinajstić information content (AvgIpc) is 2.15. The van der Waals surface area contributed by atoms with Gasteiger partial charge in [-0.2, -0.15) is 5.26 Å². The lowest BCUT2D eigenvalue weighted by atomic mass is 9.67. The number of amides is 1. The van der Waals surface area contributed by atoms with Crippen LogP contribution in [0.15, 0.2) is 0 Å². The molecule has 0 aromatic rings. The van der Waals surface area contributed by atoms with E-state index in [1.807, 2.05) is 6.07 Å². The van der Waals surface area contributed by atoms with Crippen molar-refractivity contribution in [3.05, 3.63) is 0 Å². The molecule has 0 spiro atoms. The summed E-state index contributed by atoms with van der Waals surface area (Å²) >= 11 is 0. The first kappa shape index (κ1) is 11.0. The molecule has 0 bridgehead atoms. The number of nitriles is 1. The summed E-state index contributed by atoms with van der Waals surface area (Å²) in [6.07, 6.45) is 4.82. The van der Waals surface area contributed by atoms with Gasteiger partial charge in [0.2, 0.25) is 5.91 Å². The molecule has 1 fully saturated rings. The zero-order chi connectivity index (χ0) is 10.6. The molecule has 1 amide bonds. The summed E-state index contributed by atoms with van der Waals surface area (Å²) in [5.74, 6) is -0.656. The third-order valence-corrected chi connectivity index (χ3v) is 3.39. The van der Waals surface area contributed by atoms with Crippen molar-refractivity contribution in [2.75, 3.05) is 6.54 Å². The van der Waals surface area contributed by atoms with Gasteiger partial charge in [-0.25, -0.2) is 0 Å². The number of hydrogen-bond donors (Lipinski definition) is 1. The van der Waals surface area contributed by atoms with Gasteiger partial charge in [0.25, 0.3) is 0 Å². The van der Waals surface area contributed by atoms with Gasteiger partial charge in [0.05, 0.1) is 6.07 Å². The van der Waals surface area contributed by atoms with Crippen LogP contribution in [-0.4, -0.2) is 12.5 Å². The summed E-state index contributed by atoms with van der Waals surface area (Å²) in [6.45, 7) is 4.54. The topological polar surface area (TPSA) is 52.9 Å². The van der Waals surface area contributed by atoms with E-state index >= 15 is 0 Å². The van der Waals surface area contributed by atoms with Gasteiger partial charge in [0.1, 0.15) is 5.92 Å². The van der Waals surface area contributed by atoms with Crippen LogP contribution in [0.25, 0.3) is 0 Å². The number of nitrogens with zero attached hydrogens (tertiary/aromatic N) is 1. The second kappa shape index (κ2) is 4.45. The van der Waals surface area contributed by atoms with Crippen molar-refractivity contribution in [3.63, 3.8) is 0 Å². The molecule has 1 unspecified atom stereocenters. The Morgan fingerprint density at radius 3 is 2.64 bits per heavy atom. The van der Waals surface area contributed by atoms with Crippen molar-refractivity contribution in [2.45, 2.75) is 39.5 Å². The van der Waals surface area contributed by atoms with Crippen LogP contribution in [0.3, 0.4) is 0 Å².